The standard InChI is InChI=1S/C11H9Cl2FN4/c1-15-11-16-3-2-9(18-11)17-10-7(12)4-6(14)5-8(10)13/h2-5H,1H3,(H2,15,16,17,18). The van der Waals surface area contributed by atoms with E-state index in [1.807, 2.05) is 0 Å². The summed E-state index contributed by atoms with van der Waals surface area (Å²) < 4.78 is 13.0. The van der Waals surface area contributed by atoms with Gasteiger partial charge in [-0.1, -0.05) is 23.2 Å². The van der Waals surface area contributed by atoms with E-state index in [2.05, 4.69) is 20.6 Å². The van der Waals surface area contributed by atoms with Crippen LogP contribution in [-0.4, -0.2) is 17.0 Å². The first kappa shape index (κ1) is 12.9. The largest absolute Gasteiger partial charge is 0.357 e. The van der Waals surface area contributed by atoms with Gasteiger partial charge in [-0.3, -0.25) is 0 Å². The minimum Gasteiger partial charge on any atom is -0.357 e. The fourth-order valence-electron chi connectivity index (χ4n) is 1.34. The SMILES string of the molecule is CNc1nccc(Nc2c(Cl)cc(F)cc2Cl)n1. The van der Waals surface area contributed by atoms with Crippen molar-refractivity contribution in [1.29, 1.82) is 0 Å². The van der Waals surface area contributed by atoms with E-state index in [1.54, 1.807) is 19.3 Å². The number of hydrogen-bond acceptors (Lipinski definition) is 4. The molecule has 7 heteroatoms. The smallest absolute Gasteiger partial charge is 0.224 e. The molecule has 0 radical (unpaired) electrons. The Morgan fingerprint density at radius 1 is 1.22 bits per heavy atom. The molecule has 1 aromatic heterocycles. The van der Waals surface area contributed by atoms with Crippen LogP contribution in [0.3, 0.4) is 0 Å². The summed E-state index contributed by atoms with van der Waals surface area (Å²) >= 11 is 11.8. The molecule has 1 aromatic carbocycles. The number of benzene rings is 1. The Balaban J connectivity index is 2.33. The van der Waals surface area contributed by atoms with Gasteiger partial charge in [0, 0.05) is 13.2 Å². The molecular weight excluding hydrogens is 278 g/mol. The Kier molecular flexibility index (Phi) is 3.84. The molecule has 0 atom stereocenters. The highest BCUT2D eigenvalue weighted by molar-refractivity contribution is 6.39. The molecule has 0 fully saturated rings. The van der Waals surface area contributed by atoms with Crippen molar-refractivity contribution in [1.82, 2.24) is 9.97 Å². The zero-order chi connectivity index (χ0) is 13.1. The Bertz CT molecular complexity index is 554. The summed E-state index contributed by atoms with van der Waals surface area (Å²) in [6.07, 6.45) is 1.58. The zero-order valence-electron chi connectivity index (χ0n) is 9.34. The number of halogens is 3. The number of anilines is 3. The monoisotopic (exact) mass is 286 g/mol. The third kappa shape index (κ3) is 2.80. The van der Waals surface area contributed by atoms with Crippen molar-refractivity contribution in [3.05, 3.63) is 40.3 Å². The van der Waals surface area contributed by atoms with Crippen molar-refractivity contribution in [3.8, 4) is 0 Å². The number of nitrogens with zero attached hydrogens (tertiary/aromatic N) is 2. The van der Waals surface area contributed by atoms with Gasteiger partial charge in [-0.25, -0.2) is 9.37 Å². The lowest BCUT2D eigenvalue weighted by Gasteiger charge is -2.10. The zero-order valence-corrected chi connectivity index (χ0v) is 10.8. The molecule has 2 rings (SSSR count). The Morgan fingerprint density at radius 3 is 2.50 bits per heavy atom. The van der Waals surface area contributed by atoms with Crippen molar-refractivity contribution >= 4 is 40.7 Å². The number of nitrogens with one attached hydrogen (secondary N) is 2. The molecule has 0 unspecified atom stereocenters. The van der Waals surface area contributed by atoms with E-state index >= 15 is 0 Å². The minimum absolute atomic E-state index is 0.185. The van der Waals surface area contributed by atoms with E-state index in [0.29, 0.717) is 17.5 Å². The van der Waals surface area contributed by atoms with Crippen molar-refractivity contribution < 1.29 is 4.39 Å². The van der Waals surface area contributed by atoms with E-state index in [-0.39, 0.29) is 10.0 Å². The van der Waals surface area contributed by atoms with Gasteiger partial charge in [-0.2, -0.15) is 4.98 Å². The summed E-state index contributed by atoms with van der Waals surface area (Å²) in [6, 6.07) is 4.00. The fraction of sp³-hybridized carbons (Fsp3) is 0.0909. The second-order valence-electron chi connectivity index (χ2n) is 3.38. The normalized spacial score (nSPS) is 10.2. The first-order valence-corrected chi connectivity index (χ1v) is 5.78. The van der Waals surface area contributed by atoms with Crippen LogP contribution in [0.2, 0.25) is 10.0 Å². The molecule has 2 aromatic rings. The van der Waals surface area contributed by atoms with Crippen molar-refractivity contribution in [2.45, 2.75) is 0 Å². The molecule has 0 saturated heterocycles. The van der Waals surface area contributed by atoms with Crippen LogP contribution in [0.25, 0.3) is 0 Å². The molecule has 0 saturated carbocycles. The average Bonchev–Trinajstić information content (AvgIpc) is 2.34. The molecule has 4 nitrogen and oxygen atoms in total. The summed E-state index contributed by atoms with van der Waals surface area (Å²) in [5.74, 6) is 0.466. The lowest BCUT2D eigenvalue weighted by atomic mass is 10.3. The van der Waals surface area contributed by atoms with Crippen molar-refractivity contribution in [2.24, 2.45) is 0 Å². The van der Waals surface area contributed by atoms with Crippen LogP contribution < -0.4 is 10.6 Å². The molecule has 2 N–H and O–H groups in total. The molecule has 0 aliphatic heterocycles. The Morgan fingerprint density at radius 2 is 1.89 bits per heavy atom. The van der Waals surface area contributed by atoms with Crippen LogP contribution in [-0.2, 0) is 0 Å². The van der Waals surface area contributed by atoms with Gasteiger partial charge >= 0.3 is 0 Å². The summed E-state index contributed by atoms with van der Waals surface area (Å²) in [5, 5.41) is 6.09. The highest BCUT2D eigenvalue weighted by Crippen LogP contribution is 2.33. The number of hydrogen-bond donors (Lipinski definition) is 2. The lowest BCUT2D eigenvalue weighted by molar-refractivity contribution is 0.628. The molecule has 0 aliphatic carbocycles. The highest BCUT2D eigenvalue weighted by Gasteiger charge is 2.09. The van der Waals surface area contributed by atoms with E-state index in [4.69, 9.17) is 23.2 Å². The van der Waals surface area contributed by atoms with Crippen LogP contribution in [0.5, 0.6) is 0 Å². The van der Waals surface area contributed by atoms with Gasteiger partial charge in [-0.15, -0.1) is 0 Å². The maximum atomic E-state index is 13.0. The van der Waals surface area contributed by atoms with Crippen LogP contribution in [0.4, 0.5) is 21.8 Å². The fourth-order valence-corrected chi connectivity index (χ4v) is 1.89. The summed E-state index contributed by atoms with van der Waals surface area (Å²) in [7, 11) is 1.71. The van der Waals surface area contributed by atoms with Crippen LogP contribution in [0.1, 0.15) is 0 Å². The van der Waals surface area contributed by atoms with E-state index in [0.717, 1.165) is 0 Å². The summed E-state index contributed by atoms with van der Waals surface area (Å²) in [5.41, 5.74) is 0.403. The van der Waals surface area contributed by atoms with Gasteiger partial charge in [0.05, 0.1) is 15.7 Å². The first-order chi connectivity index (χ1) is 8.60. The molecular formula is C11H9Cl2FN4. The van der Waals surface area contributed by atoms with Crippen molar-refractivity contribution in [2.75, 3.05) is 17.7 Å². The molecule has 1 heterocycles. The number of aromatic nitrogens is 2. The summed E-state index contributed by atoms with van der Waals surface area (Å²) in [6.45, 7) is 0. The van der Waals surface area contributed by atoms with Crippen LogP contribution in [0, 0.1) is 5.82 Å². The molecule has 0 spiro atoms. The molecule has 18 heavy (non-hydrogen) atoms. The van der Waals surface area contributed by atoms with Crippen LogP contribution >= 0.6 is 23.2 Å². The minimum atomic E-state index is -0.492. The Hall–Kier alpha value is -1.59. The van der Waals surface area contributed by atoms with Crippen LogP contribution in [0.15, 0.2) is 24.4 Å². The van der Waals surface area contributed by atoms with Gasteiger partial charge in [-0.05, 0) is 18.2 Å². The molecule has 0 bridgehead atoms. The second kappa shape index (κ2) is 5.37. The quantitative estimate of drug-likeness (QED) is 0.903. The predicted molar refractivity (Wildman–Crippen MR) is 71.3 cm³/mol. The van der Waals surface area contributed by atoms with Gasteiger partial charge in [0.15, 0.2) is 0 Å². The van der Waals surface area contributed by atoms with Gasteiger partial charge in [0.1, 0.15) is 11.6 Å². The van der Waals surface area contributed by atoms with E-state index in [9.17, 15) is 4.39 Å². The third-order valence-electron chi connectivity index (χ3n) is 2.14. The van der Waals surface area contributed by atoms with E-state index < -0.39 is 5.82 Å². The Labute approximate surface area is 113 Å². The lowest BCUT2D eigenvalue weighted by Crippen LogP contribution is -2.00. The summed E-state index contributed by atoms with van der Waals surface area (Å²) in [4.78, 5) is 8.12. The highest BCUT2D eigenvalue weighted by atomic mass is 35.5. The van der Waals surface area contributed by atoms with E-state index in [1.165, 1.54) is 12.1 Å². The van der Waals surface area contributed by atoms with Gasteiger partial charge in [0.2, 0.25) is 5.95 Å². The third-order valence-corrected chi connectivity index (χ3v) is 2.74. The first-order valence-electron chi connectivity index (χ1n) is 5.02. The topological polar surface area (TPSA) is 49.8 Å². The van der Waals surface area contributed by atoms with Gasteiger partial charge < -0.3 is 10.6 Å². The molecule has 0 aliphatic rings. The number of rotatable bonds is 3. The average molecular weight is 287 g/mol. The second-order valence-corrected chi connectivity index (χ2v) is 4.20. The predicted octanol–water partition coefficient (Wildman–Crippen LogP) is 3.71. The van der Waals surface area contributed by atoms with Gasteiger partial charge in [0.25, 0.3) is 0 Å². The maximum absolute atomic E-state index is 13.0. The molecule has 94 valence electrons. The molecule has 0 amide bonds. The maximum Gasteiger partial charge on any atom is 0.224 e. The van der Waals surface area contributed by atoms with Crippen molar-refractivity contribution in [3.63, 3.8) is 0 Å².